The maximum Gasteiger partial charge on any atom is 0.0480 e. The highest BCUT2D eigenvalue weighted by Gasteiger charge is 2.16. The molecule has 3 heteroatoms. The number of likely N-dealkylation sites (N-methyl/N-ethyl adjacent to an activating group) is 1. The first-order chi connectivity index (χ1) is 7.26. The maximum atomic E-state index is 5.35. The average molecular weight is 214 g/mol. The Hall–Kier alpha value is -0.120. The van der Waals surface area contributed by atoms with Crippen molar-refractivity contribution in [3.63, 3.8) is 0 Å². The second-order valence-corrected chi connectivity index (χ2v) is 4.44. The first-order valence-electron chi connectivity index (χ1n) is 6.32. The molecule has 15 heavy (non-hydrogen) atoms. The van der Waals surface area contributed by atoms with Gasteiger partial charge in [0.05, 0.1) is 0 Å². The van der Waals surface area contributed by atoms with E-state index >= 15 is 0 Å². The molecule has 0 aliphatic carbocycles. The lowest BCUT2D eigenvalue weighted by Gasteiger charge is -2.29. The Kier molecular flexibility index (Phi) is 6.22. The van der Waals surface area contributed by atoms with Crippen LogP contribution in [0.15, 0.2) is 0 Å². The van der Waals surface area contributed by atoms with E-state index in [1.807, 2.05) is 0 Å². The molecule has 1 rings (SSSR count). The van der Waals surface area contributed by atoms with Crippen molar-refractivity contribution in [1.29, 1.82) is 0 Å². The quantitative estimate of drug-likeness (QED) is 0.725. The van der Waals surface area contributed by atoms with Crippen molar-refractivity contribution < 1.29 is 4.74 Å². The van der Waals surface area contributed by atoms with Crippen LogP contribution in [0, 0.1) is 0 Å². The predicted molar refractivity (Wildman–Crippen MR) is 64.2 cm³/mol. The Labute approximate surface area is 94.2 Å². The van der Waals surface area contributed by atoms with E-state index in [1.54, 1.807) is 0 Å². The van der Waals surface area contributed by atoms with Gasteiger partial charge in [-0.3, -0.25) is 0 Å². The van der Waals surface area contributed by atoms with Gasteiger partial charge in [0.15, 0.2) is 0 Å². The monoisotopic (exact) mass is 214 g/mol. The molecule has 1 aliphatic rings. The molecule has 0 spiro atoms. The molecule has 0 bridgehead atoms. The molecule has 0 amide bonds. The molecule has 0 aromatic heterocycles. The van der Waals surface area contributed by atoms with Crippen molar-refractivity contribution in [2.45, 2.75) is 45.7 Å². The van der Waals surface area contributed by atoms with Crippen LogP contribution in [-0.4, -0.2) is 49.8 Å². The van der Waals surface area contributed by atoms with E-state index in [1.165, 1.54) is 12.8 Å². The van der Waals surface area contributed by atoms with E-state index in [0.717, 1.165) is 32.8 Å². The van der Waals surface area contributed by atoms with Gasteiger partial charge in [-0.25, -0.2) is 0 Å². The van der Waals surface area contributed by atoms with Crippen LogP contribution in [0.1, 0.15) is 33.6 Å². The van der Waals surface area contributed by atoms with Gasteiger partial charge in [-0.1, -0.05) is 13.8 Å². The van der Waals surface area contributed by atoms with Crippen LogP contribution in [0.5, 0.6) is 0 Å². The Morgan fingerprint density at radius 1 is 1.27 bits per heavy atom. The summed E-state index contributed by atoms with van der Waals surface area (Å²) in [7, 11) is 0. The summed E-state index contributed by atoms with van der Waals surface area (Å²) in [6.45, 7) is 12.0. The fourth-order valence-corrected chi connectivity index (χ4v) is 2.19. The topological polar surface area (TPSA) is 24.5 Å². The summed E-state index contributed by atoms with van der Waals surface area (Å²) < 4.78 is 5.35. The molecule has 1 N–H and O–H groups in total. The summed E-state index contributed by atoms with van der Waals surface area (Å²) in [4.78, 5) is 2.47. The third-order valence-corrected chi connectivity index (χ3v) is 3.17. The van der Waals surface area contributed by atoms with Crippen LogP contribution in [0.2, 0.25) is 0 Å². The number of nitrogens with zero attached hydrogens (tertiary/aromatic N) is 1. The van der Waals surface area contributed by atoms with E-state index in [9.17, 15) is 0 Å². The van der Waals surface area contributed by atoms with E-state index in [-0.39, 0.29) is 0 Å². The molecule has 1 heterocycles. The molecule has 1 saturated heterocycles. The molecule has 0 radical (unpaired) electrons. The minimum Gasteiger partial charge on any atom is -0.381 e. The maximum absolute atomic E-state index is 5.35. The summed E-state index contributed by atoms with van der Waals surface area (Å²) in [6.07, 6.45) is 2.34. The van der Waals surface area contributed by atoms with Gasteiger partial charge in [0, 0.05) is 31.8 Å². The van der Waals surface area contributed by atoms with Gasteiger partial charge in [-0.15, -0.1) is 0 Å². The van der Waals surface area contributed by atoms with Gasteiger partial charge in [0.2, 0.25) is 0 Å². The lowest BCUT2D eigenvalue weighted by Crippen LogP contribution is -2.45. The Balaban J connectivity index is 2.18. The smallest absolute Gasteiger partial charge is 0.0480 e. The van der Waals surface area contributed by atoms with Crippen molar-refractivity contribution in [2.24, 2.45) is 0 Å². The molecule has 90 valence electrons. The number of nitrogens with one attached hydrogen (secondary N) is 1. The molecule has 3 nitrogen and oxygen atoms in total. The van der Waals surface area contributed by atoms with Gasteiger partial charge < -0.3 is 15.0 Å². The minimum atomic E-state index is 0.591. The molecule has 1 fully saturated rings. The van der Waals surface area contributed by atoms with E-state index in [2.05, 4.69) is 31.0 Å². The second kappa shape index (κ2) is 7.20. The Morgan fingerprint density at radius 2 is 1.87 bits per heavy atom. The van der Waals surface area contributed by atoms with E-state index in [4.69, 9.17) is 4.74 Å². The lowest BCUT2D eigenvalue weighted by atomic mass is 10.1. The summed E-state index contributed by atoms with van der Waals surface area (Å²) in [5.74, 6) is 0. The van der Waals surface area contributed by atoms with Gasteiger partial charge in [-0.2, -0.15) is 0 Å². The minimum absolute atomic E-state index is 0.591. The van der Waals surface area contributed by atoms with Crippen molar-refractivity contribution in [3.05, 3.63) is 0 Å². The number of ether oxygens (including phenoxy) is 1. The van der Waals surface area contributed by atoms with Gasteiger partial charge in [-0.05, 0) is 32.9 Å². The van der Waals surface area contributed by atoms with Crippen molar-refractivity contribution >= 4 is 0 Å². The second-order valence-electron chi connectivity index (χ2n) is 4.44. The molecule has 1 aliphatic heterocycles. The fraction of sp³-hybridized carbons (Fsp3) is 1.00. The van der Waals surface area contributed by atoms with Gasteiger partial charge >= 0.3 is 0 Å². The molecule has 0 aromatic carbocycles. The third kappa shape index (κ3) is 4.96. The highest BCUT2D eigenvalue weighted by Crippen LogP contribution is 2.07. The van der Waals surface area contributed by atoms with E-state index < -0.39 is 0 Å². The summed E-state index contributed by atoms with van der Waals surface area (Å²) >= 11 is 0. The van der Waals surface area contributed by atoms with Crippen molar-refractivity contribution in [3.8, 4) is 0 Å². The molecule has 0 saturated carbocycles. The number of hydrogen-bond donors (Lipinski definition) is 1. The first kappa shape index (κ1) is 12.9. The van der Waals surface area contributed by atoms with Crippen LogP contribution in [-0.2, 0) is 4.74 Å². The molecule has 1 unspecified atom stereocenters. The summed E-state index contributed by atoms with van der Waals surface area (Å²) in [5, 5.41) is 3.70. The van der Waals surface area contributed by atoms with Crippen LogP contribution in [0.4, 0.5) is 0 Å². The molecular weight excluding hydrogens is 188 g/mol. The SMILES string of the molecule is CCN(CC)CC(C)NC1CCOCC1. The zero-order valence-electron chi connectivity index (χ0n) is 10.5. The van der Waals surface area contributed by atoms with Gasteiger partial charge in [0.1, 0.15) is 0 Å². The summed E-state index contributed by atoms with van der Waals surface area (Å²) in [5.41, 5.74) is 0. The normalized spacial score (nSPS) is 20.8. The predicted octanol–water partition coefficient (Wildman–Crippen LogP) is 1.49. The van der Waals surface area contributed by atoms with Crippen molar-refractivity contribution in [2.75, 3.05) is 32.8 Å². The van der Waals surface area contributed by atoms with Crippen LogP contribution in [0.25, 0.3) is 0 Å². The molecular formula is C12H26N2O. The highest BCUT2D eigenvalue weighted by molar-refractivity contribution is 4.75. The first-order valence-corrected chi connectivity index (χ1v) is 6.32. The Morgan fingerprint density at radius 3 is 2.40 bits per heavy atom. The Bertz CT molecular complexity index is 154. The molecule has 0 aromatic rings. The zero-order chi connectivity index (χ0) is 11.1. The van der Waals surface area contributed by atoms with Crippen LogP contribution in [0.3, 0.4) is 0 Å². The van der Waals surface area contributed by atoms with Crippen molar-refractivity contribution in [1.82, 2.24) is 10.2 Å². The highest BCUT2D eigenvalue weighted by atomic mass is 16.5. The lowest BCUT2D eigenvalue weighted by molar-refractivity contribution is 0.0738. The van der Waals surface area contributed by atoms with Crippen LogP contribution < -0.4 is 5.32 Å². The van der Waals surface area contributed by atoms with Gasteiger partial charge in [0.25, 0.3) is 0 Å². The largest absolute Gasteiger partial charge is 0.381 e. The third-order valence-electron chi connectivity index (χ3n) is 3.17. The average Bonchev–Trinajstić information content (AvgIpc) is 2.27. The number of rotatable bonds is 6. The van der Waals surface area contributed by atoms with Crippen LogP contribution >= 0.6 is 0 Å². The summed E-state index contributed by atoms with van der Waals surface area (Å²) in [6, 6.07) is 1.26. The fourth-order valence-electron chi connectivity index (χ4n) is 2.19. The zero-order valence-corrected chi connectivity index (χ0v) is 10.5. The van der Waals surface area contributed by atoms with E-state index in [0.29, 0.717) is 12.1 Å². The number of hydrogen-bond acceptors (Lipinski definition) is 3. The standard InChI is InChI=1S/C12H26N2O/c1-4-14(5-2)10-11(3)13-12-6-8-15-9-7-12/h11-13H,4-10H2,1-3H3. The molecule has 1 atom stereocenters.